The van der Waals surface area contributed by atoms with Crippen LogP contribution in [0.1, 0.15) is 32.6 Å². The summed E-state index contributed by atoms with van der Waals surface area (Å²) in [5.74, 6) is -0.0388. The van der Waals surface area contributed by atoms with Gasteiger partial charge < -0.3 is 14.9 Å². The van der Waals surface area contributed by atoms with Gasteiger partial charge in [-0.1, -0.05) is 13.3 Å². The van der Waals surface area contributed by atoms with Gasteiger partial charge in [-0.15, -0.1) is 0 Å². The largest absolute Gasteiger partial charge is 0.480 e. The number of carboxylic acids is 1. The zero-order chi connectivity index (χ0) is 15.2. The zero-order valence-corrected chi connectivity index (χ0v) is 13.0. The van der Waals surface area contributed by atoms with Crippen molar-refractivity contribution in [2.75, 3.05) is 45.8 Å². The molecule has 120 valence electrons. The average Bonchev–Trinajstić information content (AvgIpc) is 2.72. The number of aliphatic carboxylic acids is 1. The summed E-state index contributed by atoms with van der Waals surface area (Å²) >= 11 is 0. The molecule has 2 aliphatic rings. The molecule has 1 atom stereocenters. The van der Waals surface area contributed by atoms with E-state index in [1.807, 2.05) is 14.7 Å². The highest BCUT2D eigenvalue weighted by Gasteiger charge is 2.27. The first kappa shape index (κ1) is 16.1. The van der Waals surface area contributed by atoms with Crippen molar-refractivity contribution < 1.29 is 14.7 Å². The molecule has 2 heterocycles. The minimum Gasteiger partial charge on any atom is -0.480 e. The van der Waals surface area contributed by atoms with Crippen molar-refractivity contribution in [1.82, 2.24) is 14.7 Å². The fourth-order valence-electron chi connectivity index (χ4n) is 3.25. The lowest BCUT2D eigenvalue weighted by atomic mass is 9.98. The van der Waals surface area contributed by atoms with Gasteiger partial charge in [-0.2, -0.15) is 0 Å². The van der Waals surface area contributed by atoms with E-state index in [-0.39, 0.29) is 12.6 Å². The van der Waals surface area contributed by atoms with E-state index in [1.54, 1.807) is 0 Å². The van der Waals surface area contributed by atoms with Crippen LogP contribution >= 0.6 is 0 Å². The van der Waals surface area contributed by atoms with Crippen molar-refractivity contribution in [2.24, 2.45) is 5.92 Å². The van der Waals surface area contributed by atoms with Crippen molar-refractivity contribution in [1.29, 1.82) is 0 Å². The first-order valence-electron chi connectivity index (χ1n) is 8.08. The first-order valence-corrected chi connectivity index (χ1v) is 8.08. The van der Waals surface area contributed by atoms with E-state index < -0.39 is 5.97 Å². The van der Waals surface area contributed by atoms with E-state index in [9.17, 15) is 9.59 Å². The first-order chi connectivity index (χ1) is 10.1. The molecule has 1 unspecified atom stereocenters. The molecule has 21 heavy (non-hydrogen) atoms. The summed E-state index contributed by atoms with van der Waals surface area (Å²) in [6, 6.07) is 0.140. The Morgan fingerprint density at radius 3 is 2.29 bits per heavy atom. The normalized spacial score (nSPS) is 24.7. The Labute approximate surface area is 126 Å². The number of piperazine rings is 1. The SMILES string of the molecule is CCC1CCCN(C(=O)N2CCN(CC(=O)O)CC2)CC1. The number of carbonyl (C=O) groups is 2. The summed E-state index contributed by atoms with van der Waals surface area (Å²) in [5, 5.41) is 8.79. The fraction of sp³-hybridized carbons (Fsp3) is 0.867. The Hall–Kier alpha value is -1.30. The molecule has 0 aromatic rings. The Morgan fingerprint density at radius 2 is 1.67 bits per heavy atom. The van der Waals surface area contributed by atoms with Crippen LogP contribution in [-0.4, -0.2) is 77.6 Å². The molecule has 2 fully saturated rings. The maximum atomic E-state index is 12.5. The lowest BCUT2D eigenvalue weighted by molar-refractivity contribution is -0.138. The summed E-state index contributed by atoms with van der Waals surface area (Å²) in [4.78, 5) is 29.0. The van der Waals surface area contributed by atoms with Crippen LogP contribution in [0.4, 0.5) is 4.79 Å². The number of hydrogen-bond acceptors (Lipinski definition) is 3. The molecule has 6 heteroatoms. The van der Waals surface area contributed by atoms with Crippen LogP contribution in [0.5, 0.6) is 0 Å². The summed E-state index contributed by atoms with van der Waals surface area (Å²) in [5.41, 5.74) is 0. The van der Waals surface area contributed by atoms with Gasteiger partial charge in [0.05, 0.1) is 6.54 Å². The van der Waals surface area contributed by atoms with Crippen molar-refractivity contribution in [3.8, 4) is 0 Å². The molecule has 0 bridgehead atoms. The summed E-state index contributed by atoms with van der Waals surface area (Å²) < 4.78 is 0. The summed E-state index contributed by atoms with van der Waals surface area (Å²) in [7, 11) is 0. The molecule has 2 rings (SSSR count). The summed E-state index contributed by atoms with van der Waals surface area (Å²) in [6.07, 6.45) is 4.65. The van der Waals surface area contributed by atoms with Crippen LogP contribution in [0.2, 0.25) is 0 Å². The predicted octanol–water partition coefficient (Wildman–Crippen LogP) is 1.32. The van der Waals surface area contributed by atoms with E-state index in [1.165, 1.54) is 12.8 Å². The fourth-order valence-corrected chi connectivity index (χ4v) is 3.25. The van der Waals surface area contributed by atoms with E-state index in [4.69, 9.17) is 5.11 Å². The Bertz CT molecular complexity index is 367. The van der Waals surface area contributed by atoms with Crippen LogP contribution < -0.4 is 0 Å². The third-order valence-electron chi connectivity index (χ3n) is 4.70. The van der Waals surface area contributed by atoms with Gasteiger partial charge in [0.1, 0.15) is 0 Å². The molecule has 6 nitrogen and oxygen atoms in total. The molecule has 1 N–H and O–H groups in total. The minimum atomic E-state index is -0.798. The van der Waals surface area contributed by atoms with Crippen LogP contribution in [-0.2, 0) is 4.79 Å². The highest BCUT2D eigenvalue weighted by atomic mass is 16.4. The molecule has 0 aromatic carbocycles. The van der Waals surface area contributed by atoms with Crippen molar-refractivity contribution in [2.45, 2.75) is 32.6 Å². The number of rotatable bonds is 3. The van der Waals surface area contributed by atoms with Gasteiger partial charge in [-0.3, -0.25) is 9.69 Å². The highest BCUT2D eigenvalue weighted by Crippen LogP contribution is 2.21. The molecule has 0 radical (unpaired) electrons. The molecule has 2 saturated heterocycles. The number of hydrogen-bond donors (Lipinski definition) is 1. The standard InChI is InChI=1S/C15H27N3O3/c1-2-13-4-3-6-17(7-5-13)15(21)18-10-8-16(9-11-18)12-14(19)20/h13H,2-12H2,1H3,(H,19,20). The minimum absolute atomic E-state index is 0.0733. The molecular formula is C15H27N3O3. The Kier molecular flexibility index (Phi) is 5.85. The Balaban J connectivity index is 1.80. The molecule has 0 aliphatic carbocycles. The number of amides is 2. The molecular weight excluding hydrogens is 270 g/mol. The zero-order valence-electron chi connectivity index (χ0n) is 13.0. The van der Waals surface area contributed by atoms with E-state index in [2.05, 4.69) is 6.92 Å². The lowest BCUT2D eigenvalue weighted by Crippen LogP contribution is -2.53. The van der Waals surface area contributed by atoms with Crippen LogP contribution in [0.25, 0.3) is 0 Å². The third kappa shape index (κ3) is 4.59. The van der Waals surface area contributed by atoms with Gasteiger partial charge in [-0.25, -0.2) is 4.79 Å². The maximum absolute atomic E-state index is 12.5. The van der Waals surface area contributed by atoms with Gasteiger partial charge in [-0.05, 0) is 25.2 Å². The number of nitrogens with zero attached hydrogens (tertiary/aromatic N) is 3. The molecule has 2 aliphatic heterocycles. The van der Waals surface area contributed by atoms with E-state index in [0.29, 0.717) is 26.2 Å². The maximum Gasteiger partial charge on any atom is 0.320 e. The summed E-state index contributed by atoms with van der Waals surface area (Å²) in [6.45, 7) is 6.62. The number of likely N-dealkylation sites (tertiary alicyclic amines) is 1. The second-order valence-electron chi connectivity index (χ2n) is 6.13. The van der Waals surface area contributed by atoms with Gasteiger partial charge in [0, 0.05) is 39.3 Å². The van der Waals surface area contributed by atoms with Gasteiger partial charge in [0.15, 0.2) is 0 Å². The highest BCUT2D eigenvalue weighted by molar-refractivity contribution is 5.74. The van der Waals surface area contributed by atoms with Crippen molar-refractivity contribution >= 4 is 12.0 Å². The molecule has 0 saturated carbocycles. The van der Waals surface area contributed by atoms with Crippen molar-refractivity contribution in [3.05, 3.63) is 0 Å². The molecule has 0 aromatic heterocycles. The van der Waals surface area contributed by atoms with Crippen LogP contribution in [0.3, 0.4) is 0 Å². The quantitative estimate of drug-likeness (QED) is 0.853. The topological polar surface area (TPSA) is 64.1 Å². The smallest absolute Gasteiger partial charge is 0.320 e. The number of carbonyl (C=O) groups excluding carboxylic acids is 1. The van der Waals surface area contributed by atoms with E-state index >= 15 is 0 Å². The van der Waals surface area contributed by atoms with Crippen molar-refractivity contribution in [3.63, 3.8) is 0 Å². The van der Waals surface area contributed by atoms with Gasteiger partial charge in [0.2, 0.25) is 0 Å². The second kappa shape index (κ2) is 7.64. The van der Waals surface area contributed by atoms with E-state index in [0.717, 1.165) is 31.8 Å². The molecule has 2 amide bonds. The van der Waals surface area contributed by atoms with Crippen LogP contribution in [0, 0.1) is 5.92 Å². The van der Waals surface area contributed by atoms with Gasteiger partial charge >= 0.3 is 12.0 Å². The number of urea groups is 1. The lowest BCUT2D eigenvalue weighted by Gasteiger charge is -2.36. The van der Waals surface area contributed by atoms with Gasteiger partial charge in [0.25, 0.3) is 0 Å². The third-order valence-corrected chi connectivity index (χ3v) is 4.70. The monoisotopic (exact) mass is 297 g/mol. The predicted molar refractivity (Wildman–Crippen MR) is 80.2 cm³/mol. The molecule has 0 spiro atoms. The second-order valence-corrected chi connectivity index (χ2v) is 6.13. The Morgan fingerprint density at radius 1 is 1.00 bits per heavy atom. The average molecular weight is 297 g/mol. The van der Waals surface area contributed by atoms with Crippen LogP contribution in [0.15, 0.2) is 0 Å². The number of carboxylic acid groups (broad SMARTS) is 1.